The zero-order chi connectivity index (χ0) is 9.42. The molecule has 0 unspecified atom stereocenters. The van der Waals surface area contributed by atoms with Gasteiger partial charge in [-0.15, -0.1) is 0 Å². The lowest BCUT2D eigenvalue weighted by Gasteiger charge is -1.96. The summed E-state index contributed by atoms with van der Waals surface area (Å²) in [6.45, 7) is 1.83. The van der Waals surface area contributed by atoms with E-state index in [1.54, 1.807) is 6.07 Å². The standard InChI is InChI=1S/C10H10FNO/c1-6(12)9-4-7-2-3-8(11)5-10(7)13-9/h2-6H,12H2,1H3/t6-/m1/s1. The molecule has 13 heavy (non-hydrogen) atoms. The lowest BCUT2D eigenvalue weighted by molar-refractivity contribution is 0.510. The van der Waals surface area contributed by atoms with Gasteiger partial charge in [-0.2, -0.15) is 0 Å². The molecule has 0 radical (unpaired) electrons. The van der Waals surface area contributed by atoms with Gasteiger partial charge in [-0.3, -0.25) is 0 Å². The molecule has 0 saturated heterocycles. The summed E-state index contributed by atoms with van der Waals surface area (Å²) in [6.07, 6.45) is 0. The lowest BCUT2D eigenvalue weighted by atomic mass is 10.2. The van der Waals surface area contributed by atoms with Crippen molar-refractivity contribution in [1.29, 1.82) is 0 Å². The molecule has 0 bridgehead atoms. The Morgan fingerprint density at radius 3 is 2.85 bits per heavy atom. The van der Waals surface area contributed by atoms with Crippen LogP contribution in [0.1, 0.15) is 18.7 Å². The highest BCUT2D eigenvalue weighted by molar-refractivity contribution is 5.77. The Morgan fingerprint density at radius 2 is 2.15 bits per heavy atom. The Balaban J connectivity index is 2.62. The fraction of sp³-hybridized carbons (Fsp3) is 0.200. The van der Waals surface area contributed by atoms with E-state index in [4.69, 9.17) is 10.2 Å². The second-order valence-corrected chi connectivity index (χ2v) is 3.12. The van der Waals surface area contributed by atoms with Gasteiger partial charge in [-0.1, -0.05) is 0 Å². The Hall–Kier alpha value is -1.35. The highest BCUT2D eigenvalue weighted by atomic mass is 19.1. The maximum atomic E-state index is 12.8. The molecule has 0 aliphatic rings. The summed E-state index contributed by atoms with van der Waals surface area (Å²) in [5.41, 5.74) is 6.18. The molecule has 2 aromatic rings. The van der Waals surface area contributed by atoms with Gasteiger partial charge in [0.15, 0.2) is 0 Å². The molecule has 0 aliphatic carbocycles. The third kappa shape index (κ3) is 1.42. The number of nitrogens with two attached hydrogens (primary N) is 1. The van der Waals surface area contributed by atoms with E-state index < -0.39 is 0 Å². The van der Waals surface area contributed by atoms with Crippen LogP contribution >= 0.6 is 0 Å². The van der Waals surface area contributed by atoms with Crippen molar-refractivity contribution in [2.45, 2.75) is 13.0 Å². The quantitative estimate of drug-likeness (QED) is 0.730. The fourth-order valence-corrected chi connectivity index (χ4v) is 1.25. The molecule has 1 atom stereocenters. The predicted octanol–water partition coefficient (Wildman–Crippen LogP) is 2.59. The predicted molar refractivity (Wildman–Crippen MR) is 48.8 cm³/mol. The topological polar surface area (TPSA) is 39.2 Å². The molecule has 0 amide bonds. The average molecular weight is 179 g/mol. The smallest absolute Gasteiger partial charge is 0.137 e. The van der Waals surface area contributed by atoms with Crippen LogP contribution in [0.25, 0.3) is 11.0 Å². The molecule has 2 nitrogen and oxygen atoms in total. The van der Waals surface area contributed by atoms with E-state index in [0.29, 0.717) is 11.3 Å². The molecule has 0 saturated carbocycles. The van der Waals surface area contributed by atoms with E-state index in [1.165, 1.54) is 12.1 Å². The minimum atomic E-state index is -0.293. The van der Waals surface area contributed by atoms with Crippen molar-refractivity contribution in [3.05, 3.63) is 35.8 Å². The van der Waals surface area contributed by atoms with Gasteiger partial charge < -0.3 is 10.2 Å². The maximum Gasteiger partial charge on any atom is 0.137 e. The van der Waals surface area contributed by atoms with Crippen molar-refractivity contribution < 1.29 is 8.81 Å². The minimum Gasteiger partial charge on any atom is -0.459 e. The summed E-state index contributed by atoms with van der Waals surface area (Å²) in [6, 6.07) is 6.12. The third-order valence-electron chi connectivity index (χ3n) is 1.95. The second kappa shape index (κ2) is 2.85. The van der Waals surface area contributed by atoms with Crippen LogP contribution < -0.4 is 5.73 Å². The van der Waals surface area contributed by atoms with Crippen molar-refractivity contribution >= 4 is 11.0 Å². The highest BCUT2D eigenvalue weighted by Gasteiger charge is 2.07. The Labute approximate surface area is 75.1 Å². The summed E-state index contributed by atoms with van der Waals surface area (Å²) >= 11 is 0. The van der Waals surface area contributed by atoms with Crippen LogP contribution in [0.15, 0.2) is 28.7 Å². The Kier molecular flexibility index (Phi) is 1.81. The summed E-state index contributed by atoms with van der Waals surface area (Å²) in [5.74, 6) is 0.388. The van der Waals surface area contributed by atoms with Gasteiger partial charge in [0.25, 0.3) is 0 Å². The fourth-order valence-electron chi connectivity index (χ4n) is 1.25. The van der Waals surface area contributed by atoms with E-state index in [9.17, 15) is 4.39 Å². The molecule has 1 aromatic carbocycles. The first kappa shape index (κ1) is 8.26. The number of rotatable bonds is 1. The van der Waals surface area contributed by atoms with Gasteiger partial charge >= 0.3 is 0 Å². The molecule has 0 spiro atoms. The molecule has 2 N–H and O–H groups in total. The van der Waals surface area contributed by atoms with E-state index in [0.717, 1.165) is 5.39 Å². The number of fused-ring (bicyclic) bond motifs is 1. The molecule has 1 heterocycles. The van der Waals surface area contributed by atoms with Gasteiger partial charge in [-0.05, 0) is 25.1 Å². The van der Waals surface area contributed by atoms with Crippen molar-refractivity contribution in [2.75, 3.05) is 0 Å². The van der Waals surface area contributed by atoms with Gasteiger partial charge in [0.2, 0.25) is 0 Å². The Bertz CT molecular complexity index is 433. The zero-order valence-electron chi connectivity index (χ0n) is 7.25. The van der Waals surface area contributed by atoms with Gasteiger partial charge in [0.1, 0.15) is 17.2 Å². The van der Waals surface area contributed by atoms with E-state index in [1.807, 2.05) is 13.0 Å². The highest BCUT2D eigenvalue weighted by Crippen LogP contribution is 2.23. The van der Waals surface area contributed by atoms with Crippen molar-refractivity contribution in [1.82, 2.24) is 0 Å². The lowest BCUT2D eigenvalue weighted by Crippen LogP contribution is -2.02. The molecule has 1 aromatic heterocycles. The van der Waals surface area contributed by atoms with Gasteiger partial charge in [0.05, 0.1) is 6.04 Å². The summed E-state index contributed by atoms with van der Waals surface area (Å²) in [7, 11) is 0. The minimum absolute atomic E-state index is 0.157. The van der Waals surface area contributed by atoms with E-state index >= 15 is 0 Å². The zero-order valence-corrected chi connectivity index (χ0v) is 7.25. The molecular weight excluding hydrogens is 169 g/mol. The first-order valence-electron chi connectivity index (χ1n) is 4.11. The van der Waals surface area contributed by atoms with Crippen LogP contribution in [-0.4, -0.2) is 0 Å². The largest absolute Gasteiger partial charge is 0.459 e. The van der Waals surface area contributed by atoms with E-state index in [-0.39, 0.29) is 11.9 Å². The van der Waals surface area contributed by atoms with Crippen LogP contribution in [0.2, 0.25) is 0 Å². The van der Waals surface area contributed by atoms with Crippen LogP contribution in [0, 0.1) is 5.82 Å². The molecule has 3 heteroatoms. The molecule has 0 fully saturated rings. The molecule has 0 aliphatic heterocycles. The van der Waals surface area contributed by atoms with Crippen molar-refractivity contribution in [3.63, 3.8) is 0 Å². The molecule has 68 valence electrons. The van der Waals surface area contributed by atoms with Crippen molar-refractivity contribution in [3.8, 4) is 0 Å². The average Bonchev–Trinajstić information content (AvgIpc) is 2.46. The van der Waals surface area contributed by atoms with Crippen LogP contribution in [0.3, 0.4) is 0 Å². The number of hydrogen-bond donors (Lipinski definition) is 1. The monoisotopic (exact) mass is 179 g/mol. The number of furan rings is 1. The SMILES string of the molecule is C[C@@H](N)c1cc2ccc(F)cc2o1. The first-order valence-corrected chi connectivity index (χ1v) is 4.11. The maximum absolute atomic E-state index is 12.8. The van der Waals surface area contributed by atoms with E-state index in [2.05, 4.69) is 0 Å². The van der Waals surface area contributed by atoms with Gasteiger partial charge in [-0.25, -0.2) is 4.39 Å². The normalized spacial score (nSPS) is 13.5. The van der Waals surface area contributed by atoms with Crippen molar-refractivity contribution in [2.24, 2.45) is 5.73 Å². The first-order chi connectivity index (χ1) is 6.16. The second-order valence-electron chi connectivity index (χ2n) is 3.12. The molecular formula is C10H10FNO. The summed E-state index contributed by atoms with van der Waals surface area (Å²) in [5, 5.41) is 0.883. The van der Waals surface area contributed by atoms with Crippen LogP contribution in [0.4, 0.5) is 4.39 Å². The van der Waals surface area contributed by atoms with Crippen LogP contribution in [0.5, 0.6) is 0 Å². The number of benzene rings is 1. The number of hydrogen-bond acceptors (Lipinski definition) is 2. The summed E-state index contributed by atoms with van der Waals surface area (Å²) < 4.78 is 18.1. The third-order valence-corrected chi connectivity index (χ3v) is 1.95. The van der Waals surface area contributed by atoms with Crippen LogP contribution in [-0.2, 0) is 0 Å². The number of halogens is 1. The van der Waals surface area contributed by atoms with Gasteiger partial charge in [0, 0.05) is 11.5 Å². The Morgan fingerprint density at radius 1 is 1.38 bits per heavy atom. The summed E-state index contributed by atoms with van der Waals surface area (Å²) in [4.78, 5) is 0. The molecule has 2 rings (SSSR count).